The minimum Gasteiger partial charge on any atom is -0.483 e. The highest BCUT2D eigenvalue weighted by Crippen LogP contribution is 2.27. The summed E-state index contributed by atoms with van der Waals surface area (Å²) in [5, 5.41) is 0.684. The van der Waals surface area contributed by atoms with E-state index >= 15 is 0 Å². The van der Waals surface area contributed by atoms with Gasteiger partial charge in [-0.15, -0.1) is 0 Å². The van der Waals surface area contributed by atoms with Crippen molar-refractivity contribution in [3.8, 4) is 5.75 Å². The summed E-state index contributed by atoms with van der Waals surface area (Å²) >= 11 is 6.03. The lowest BCUT2D eigenvalue weighted by Crippen LogP contribution is -2.50. The maximum absolute atomic E-state index is 12.5. The normalized spacial score (nSPS) is 14.5. The molecule has 1 aliphatic rings. The highest BCUT2D eigenvalue weighted by Gasteiger charge is 2.22. The zero-order chi connectivity index (χ0) is 17.8. The number of pyridine rings is 1. The first kappa shape index (κ1) is 17.5. The molecule has 1 aromatic heterocycles. The first-order valence-electron chi connectivity index (χ1n) is 8.43. The van der Waals surface area contributed by atoms with Gasteiger partial charge < -0.3 is 14.5 Å². The number of benzene rings is 1. The van der Waals surface area contributed by atoms with Gasteiger partial charge in [-0.1, -0.05) is 11.6 Å². The van der Waals surface area contributed by atoms with Crippen LogP contribution in [0.15, 0.2) is 36.7 Å². The van der Waals surface area contributed by atoms with E-state index in [9.17, 15) is 4.79 Å². The van der Waals surface area contributed by atoms with Gasteiger partial charge in [-0.25, -0.2) is 4.98 Å². The standard InChI is InChI=1S/C19H22ClN3O2/c1-14-11-16(20)12-15(2)19(14)25-13-18(24)23-9-7-22(8-10-23)17-3-5-21-6-4-17/h3-6,11-12H,7-10,13H2,1-2H3/p+1. The number of aromatic nitrogens is 1. The minimum atomic E-state index is 0.0230. The summed E-state index contributed by atoms with van der Waals surface area (Å²) in [5.74, 6) is 0.770. The van der Waals surface area contributed by atoms with E-state index in [-0.39, 0.29) is 12.5 Å². The maximum atomic E-state index is 12.5. The van der Waals surface area contributed by atoms with Gasteiger partial charge in [-0.05, 0) is 37.1 Å². The fourth-order valence-electron chi connectivity index (χ4n) is 3.15. The van der Waals surface area contributed by atoms with Crippen molar-refractivity contribution in [2.45, 2.75) is 13.8 Å². The number of aryl methyl sites for hydroxylation is 2. The molecule has 0 bridgehead atoms. The Balaban J connectivity index is 1.53. The van der Waals surface area contributed by atoms with E-state index in [1.165, 1.54) is 5.69 Å². The van der Waals surface area contributed by atoms with Gasteiger partial charge in [-0.2, -0.15) is 0 Å². The second-order valence-corrected chi connectivity index (χ2v) is 6.72. The van der Waals surface area contributed by atoms with Crippen molar-refractivity contribution in [1.29, 1.82) is 0 Å². The first-order valence-corrected chi connectivity index (χ1v) is 8.81. The third-order valence-corrected chi connectivity index (χ3v) is 4.68. The van der Waals surface area contributed by atoms with Crippen LogP contribution in [0.4, 0.5) is 5.69 Å². The summed E-state index contributed by atoms with van der Waals surface area (Å²) in [6, 6.07) is 7.80. The fourth-order valence-corrected chi connectivity index (χ4v) is 3.48. The van der Waals surface area contributed by atoms with Crippen LogP contribution in [0.25, 0.3) is 0 Å². The molecule has 3 rings (SSSR count). The predicted molar refractivity (Wildman–Crippen MR) is 98.2 cm³/mol. The van der Waals surface area contributed by atoms with E-state index in [0.29, 0.717) is 18.1 Å². The molecule has 0 spiro atoms. The van der Waals surface area contributed by atoms with Gasteiger partial charge in [0.1, 0.15) is 5.75 Å². The number of hydrogen-bond donors (Lipinski definition) is 0. The minimum absolute atomic E-state index is 0.0230. The molecule has 0 atom stereocenters. The van der Waals surface area contributed by atoms with Crippen molar-refractivity contribution in [2.75, 3.05) is 37.7 Å². The van der Waals surface area contributed by atoms with Gasteiger partial charge in [0.15, 0.2) is 19.0 Å². The Kier molecular flexibility index (Phi) is 5.43. The molecule has 0 unspecified atom stereocenters. The Labute approximate surface area is 153 Å². The molecule has 1 amide bonds. The quantitative estimate of drug-likeness (QED) is 0.841. The Morgan fingerprint density at radius 3 is 2.32 bits per heavy atom. The first-order chi connectivity index (χ1) is 12.0. The molecule has 0 radical (unpaired) electrons. The number of halogens is 1. The molecule has 1 aromatic carbocycles. The van der Waals surface area contributed by atoms with Gasteiger partial charge in [0, 0.05) is 49.0 Å². The molecule has 0 saturated carbocycles. The Bertz CT molecular complexity index is 721. The Morgan fingerprint density at radius 2 is 1.72 bits per heavy atom. The molecule has 1 aliphatic heterocycles. The zero-order valence-electron chi connectivity index (χ0n) is 14.6. The number of H-pyrrole nitrogens is 1. The maximum Gasteiger partial charge on any atom is 0.260 e. The summed E-state index contributed by atoms with van der Waals surface area (Å²) in [6.07, 6.45) is 3.83. The molecule has 1 saturated heterocycles. The van der Waals surface area contributed by atoms with Gasteiger partial charge >= 0.3 is 0 Å². The highest BCUT2D eigenvalue weighted by molar-refractivity contribution is 6.30. The van der Waals surface area contributed by atoms with E-state index in [0.717, 1.165) is 30.0 Å². The van der Waals surface area contributed by atoms with Crippen molar-refractivity contribution in [3.63, 3.8) is 0 Å². The molecule has 2 heterocycles. The topological polar surface area (TPSA) is 46.9 Å². The highest BCUT2D eigenvalue weighted by atomic mass is 35.5. The lowest BCUT2D eigenvalue weighted by Gasteiger charge is -2.35. The molecular formula is C19H23ClN3O2+. The number of anilines is 1. The van der Waals surface area contributed by atoms with Crippen LogP contribution in [0, 0.1) is 13.8 Å². The lowest BCUT2D eigenvalue weighted by molar-refractivity contribution is -0.377. The number of nitrogens with zero attached hydrogens (tertiary/aromatic N) is 2. The van der Waals surface area contributed by atoms with Crippen molar-refractivity contribution >= 4 is 23.2 Å². The van der Waals surface area contributed by atoms with E-state index in [1.807, 2.05) is 55.4 Å². The summed E-state index contributed by atoms with van der Waals surface area (Å²) in [7, 11) is 0. The average molecular weight is 361 g/mol. The SMILES string of the molecule is Cc1cc(Cl)cc(C)c1OCC(=O)N1CCN(c2cc[nH+]cc2)CC1. The molecule has 2 aromatic rings. The second-order valence-electron chi connectivity index (χ2n) is 6.28. The number of ether oxygens (including phenoxy) is 1. The Hall–Kier alpha value is -2.27. The lowest BCUT2D eigenvalue weighted by atomic mass is 10.1. The van der Waals surface area contributed by atoms with Crippen LogP contribution < -0.4 is 14.6 Å². The van der Waals surface area contributed by atoms with Crippen LogP contribution in [0.5, 0.6) is 5.75 Å². The van der Waals surface area contributed by atoms with Crippen LogP contribution >= 0.6 is 11.6 Å². The number of hydrogen-bond acceptors (Lipinski definition) is 3. The van der Waals surface area contributed by atoms with Crippen molar-refractivity contribution < 1.29 is 14.5 Å². The predicted octanol–water partition coefficient (Wildman–Crippen LogP) is 2.50. The number of carbonyl (C=O) groups is 1. The van der Waals surface area contributed by atoms with Gasteiger partial charge in [0.05, 0.1) is 0 Å². The van der Waals surface area contributed by atoms with E-state index in [1.54, 1.807) is 0 Å². The van der Waals surface area contributed by atoms with Crippen molar-refractivity contribution in [2.24, 2.45) is 0 Å². The molecule has 5 nitrogen and oxygen atoms in total. The average Bonchev–Trinajstić information content (AvgIpc) is 2.61. The number of carbonyl (C=O) groups excluding carboxylic acids is 1. The fraction of sp³-hybridized carbons (Fsp3) is 0.368. The number of nitrogens with one attached hydrogen (secondary N) is 1. The summed E-state index contributed by atoms with van der Waals surface area (Å²) in [6.45, 7) is 7.01. The summed E-state index contributed by atoms with van der Waals surface area (Å²) < 4.78 is 5.78. The van der Waals surface area contributed by atoms with Crippen LogP contribution in [0.1, 0.15) is 11.1 Å². The smallest absolute Gasteiger partial charge is 0.260 e. The summed E-state index contributed by atoms with van der Waals surface area (Å²) in [4.78, 5) is 19.6. The molecule has 132 valence electrons. The van der Waals surface area contributed by atoms with Crippen LogP contribution in [0.3, 0.4) is 0 Å². The molecular weight excluding hydrogens is 338 g/mol. The van der Waals surface area contributed by atoms with Gasteiger partial charge in [-0.3, -0.25) is 4.79 Å². The van der Waals surface area contributed by atoms with E-state index in [2.05, 4.69) is 9.88 Å². The molecule has 1 fully saturated rings. The third kappa shape index (κ3) is 4.23. The zero-order valence-corrected chi connectivity index (χ0v) is 15.3. The third-order valence-electron chi connectivity index (χ3n) is 4.46. The number of aromatic amines is 1. The van der Waals surface area contributed by atoms with Gasteiger partial charge in [0.25, 0.3) is 5.91 Å². The van der Waals surface area contributed by atoms with Crippen molar-refractivity contribution in [1.82, 2.24) is 4.90 Å². The second kappa shape index (κ2) is 7.74. The van der Waals surface area contributed by atoms with E-state index < -0.39 is 0 Å². The Morgan fingerprint density at radius 1 is 1.12 bits per heavy atom. The van der Waals surface area contributed by atoms with Crippen LogP contribution in [-0.2, 0) is 4.79 Å². The van der Waals surface area contributed by atoms with Crippen LogP contribution in [-0.4, -0.2) is 43.6 Å². The largest absolute Gasteiger partial charge is 0.483 e. The molecule has 1 N–H and O–H groups in total. The number of amides is 1. The number of piperazine rings is 1. The molecule has 25 heavy (non-hydrogen) atoms. The van der Waals surface area contributed by atoms with Crippen molar-refractivity contribution in [3.05, 3.63) is 52.8 Å². The monoisotopic (exact) mass is 360 g/mol. The van der Waals surface area contributed by atoms with E-state index in [4.69, 9.17) is 16.3 Å². The summed E-state index contributed by atoms with van der Waals surface area (Å²) in [5.41, 5.74) is 3.07. The van der Waals surface area contributed by atoms with Crippen LogP contribution in [0.2, 0.25) is 5.02 Å². The molecule has 0 aliphatic carbocycles. The van der Waals surface area contributed by atoms with Gasteiger partial charge in [0.2, 0.25) is 0 Å². The molecule has 6 heteroatoms. The number of rotatable bonds is 4.